The van der Waals surface area contributed by atoms with Crippen molar-refractivity contribution in [3.8, 4) is 33.6 Å². The summed E-state index contributed by atoms with van der Waals surface area (Å²) in [6.07, 6.45) is 7.41. The van der Waals surface area contributed by atoms with Crippen LogP contribution in [0.1, 0.15) is 35.9 Å². The van der Waals surface area contributed by atoms with E-state index < -0.39 is 0 Å². The lowest BCUT2D eigenvalue weighted by molar-refractivity contribution is -0.720. The van der Waals surface area contributed by atoms with Gasteiger partial charge in [-0.15, -0.1) is 11.3 Å². The van der Waals surface area contributed by atoms with E-state index in [4.69, 9.17) is 6.58 Å². The zero-order valence-corrected chi connectivity index (χ0v) is 32.1. The average molecular weight is 748 g/mol. The van der Waals surface area contributed by atoms with E-state index in [2.05, 4.69) is 178 Å². The van der Waals surface area contributed by atoms with Gasteiger partial charge in [0, 0.05) is 72.8 Å². The van der Waals surface area contributed by atoms with Crippen LogP contribution in [0.4, 0.5) is 0 Å². The molecule has 2 aliphatic heterocycles. The van der Waals surface area contributed by atoms with Gasteiger partial charge in [0.15, 0.2) is 24.1 Å². The Labute approximate surface area is 334 Å². The molecule has 0 fully saturated rings. The van der Waals surface area contributed by atoms with Gasteiger partial charge in [0.2, 0.25) is 11.4 Å². The molecule has 4 heteroatoms. The van der Waals surface area contributed by atoms with Gasteiger partial charge in [0.1, 0.15) is 0 Å². The summed E-state index contributed by atoms with van der Waals surface area (Å²) in [6, 6.07) is 57.1. The predicted molar refractivity (Wildman–Crippen MR) is 237 cm³/mol. The van der Waals surface area contributed by atoms with Crippen LogP contribution in [0.5, 0.6) is 0 Å². The maximum atomic E-state index is 4.79. The Balaban J connectivity index is 1.13. The number of fused-ring (bicyclic) bond motifs is 19. The van der Waals surface area contributed by atoms with Gasteiger partial charge < -0.3 is 4.40 Å². The molecule has 3 nitrogen and oxygen atoms in total. The molecule has 0 radical (unpaired) electrons. The molecule has 0 spiro atoms. The van der Waals surface area contributed by atoms with Crippen molar-refractivity contribution in [1.29, 1.82) is 0 Å². The minimum atomic E-state index is 0.217. The molecule has 11 aromatic rings. The summed E-state index contributed by atoms with van der Waals surface area (Å²) in [5.74, 6) is 0.283. The Hall–Kier alpha value is -6.62. The highest BCUT2D eigenvalue weighted by atomic mass is 32.1. The van der Waals surface area contributed by atoms with Gasteiger partial charge in [-0.25, -0.2) is 0 Å². The van der Waals surface area contributed by atoms with Gasteiger partial charge >= 0.3 is 0 Å². The third-order valence-electron chi connectivity index (χ3n) is 13.2. The quantitative estimate of drug-likeness (QED) is 0.148. The Kier molecular flexibility index (Phi) is 6.48. The van der Waals surface area contributed by atoms with Crippen LogP contribution in [-0.4, -0.2) is 4.40 Å². The van der Waals surface area contributed by atoms with Crippen molar-refractivity contribution in [3.63, 3.8) is 0 Å². The minimum absolute atomic E-state index is 0.217. The van der Waals surface area contributed by atoms with Crippen LogP contribution in [-0.2, 0) is 6.42 Å². The predicted octanol–water partition coefficient (Wildman–Crippen LogP) is 12.9. The molecule has 0 aliphatic carbocycles. The van der Waals surface area contributed by atoms with Crippen molar-refractivity contribution in [3.05, 3.63) is 182 Å². The van der Waals surface area contributed by atoms with E-state index in [9.17, 15) is 0 Å². The highest BCUT2D eigenvalue weighted by Gasteiger charge is 2.43. The number of hydrogen-bond acceptors (Lipinski definition) is 1. The zero-order valence-electron chi connectivity index (χ0n) is 31.3. The van der Waals surface area contributed by atoms with E-state index in [0.29, 0.717) is 0 Å². The van der Waals surface area contributed by atoms with Crippen LogP contribution in [0.2, 0.25) is 0 Å². The van der Waals surface area contributed by atoms with Crippen LogP contribution >= 0.6 is 11.3 Å². The van der Waals surface area contributed by atoms with Crippen molar-refractivity contribution in [2.75, 3.05) is 0 Å². The van der Waals surface area contributed by atoms with Crippen molar-refractivity contribution in [2.24, 2.45) is 0 Å². The number of allylic oxidation sites excluding steroid dienone is 1. The molecule has 2 unspecified atom stereocenters. The zero-order chi connectivity index (χ0) is 37.4. The molecule has 268 valence electrons. The summed E-state index contributed by atoms with van der Waals surface area (Å²) >= 11 is 1.93. The summed E-state index contributed by atoms with van der Waals surface area (Å²) < 4.78 is 10.3. The molecule has 0 saturated carbocycles. The lowest BCUT2D eigenvalue weighted by atomic mass is 9.77. The maximum absolute atomic E-state index is 4.79. The van der Waals surface area contributed by atoms with E-state index in [0.717, 1.165) is 25.0 Å². The number of aryl methyl sites for hydroxylation is 1. The van der Waals surface area contributed by atoms with Crippen molar-refractivity contribution in [1.82, 2.24) is 4.40 Å². The molecule has 6 aromatic carbocycles. The molecule has 0 bridgehead atoms. The van der Waals surface area contributed by atoms with Crippen LogP contribution in [0.15, 0.2) is 171 Å². The molecule has 0 N–H and O–H groups in total. The number of nitrogens with zero attached hydrogens (tertiary/aromatic N) is 3. The van der Waals surface area contributed by atoms with Gasteiger partial charge in [0.05, 0.1) is 33.2 Å². The lowest BCUT2D eigenvalue weighted by Crippen LogP contribution is -2.49. The molecule has 2 aliphatic rings. The topological polar surface area (TPSA) is 12.2 Å². The normalized spacial score (nSPS) is 16.6. The number of hydrogen-bond donors (Lipinski definition) is 0. The van der Waals surface area contributed by atoms with Gasteiger partial charge in [0.25, 0.3) is 0 Å². The summed E-state index contributed by atoms with van der Waals surface area (Å²) in [5.41, 5.74) is 15.6. The SMILES string of the molecule is C=C1CC2C(CCc3ccccc3-c3cccc[n+]31)c1cc3c(cc1-c1cccc[n+]12)c1cc(-c2ccccc2)cc2c4ccc5c6ccccc6sc5c4n3c12. The first-order valence-corrected chi connectivity index (χ1v) is 21.0. The fraction of sp³-hybridized carbons (Fsp3) is 0.0943. The molecule has 5 aromatic heterocycles. The van der Waals surface area contributed by atoms with Crippen LogP contribution in [0.25, 0.3) is 97.6 Å². The van der Waals surface area contributed by atoms with Crippen molar-refractivity contribution in [2.45, 2.75) is 31.2 Å². The van der Waals surface area contributed by atoms with Crippen molar-refractivity contribution < 1.29 is 9.13 Å². The third-order valence-corrected chi connectivity index (χ3v) is 14.4. The maximum Gasteiger partial charge on any atom is 0.218 e. The van der Waals surface area contributed by atoms with Gasteiger partial charge in [-0.3, -0.25) is 0 Å². The number of benzene rings is 6. The highest BCUT2D eigenvalue weighted by molar-refractivity contribution is 7.26. The Morgan fingerprint density at radius 3 is 2.25 bits per heavy atom. The van der Waals surface area contributed by atoms with E-state index in [1.54, 1.807) is 0 Å². The van der Waals surface area contributed by atoms with Crippen LogP contribution in [0.3, 0.4) is 0 Å². The smallest absolute Gasteiger partial charge is 0.218 e. The molecule has 0 amide bonds. The highest BCUT2D eigenvalue weighted by Crippen LogP contribution is 2.50. The molecular formula is C53H37N3S+2. The van der Waals surface area contributed by atoms with Crippen molar-refractivity contribution >= 4 is 75.3 Å². The standard InChI is InChI=1S/C53H37N3S/c1-32-27-48-37(22-21-34-15-5-6-16-36(34)46-18-9-11-25-54(32)46)41-31-49-43(30-42(41)47-19-10-12-26-55(47)48)45-29-35(33-13-3-2-4-14-33)28-44-39-23-24-40-38-17-7-8-20-50(38)57-53(40)52(39)56(49)51(44)45/h2-20,23-26,28-31,37,48H,1,21-22,27H2/q+2. The molecule has 0 saturated heterocycles. The Bertz CT molecular complexity index is 3480. The van der Waals surface area contributed by atoms with Crippen LogP contribution < -0.4 is 9.13 Å². The average Bonchev–Trinajstić information content (AvgIpc) is 3.92. The summed E-state index contributed by atoms with van der Waals surface area (Å²) in [5, 5.41) is 7.97. The first kappa shape index (κ1) is 31.6. The largest absolute Gasteiger partial charge is 0.307 e. The first-order chi connectivity index (χ1) is 28.2. The summed E-state index contributed by atoms with van der Waals surface area (Å²) in [6.45, 7) is 4.79. The Morgan fingerprint density at radius 1 is 0.579 bits per heavy atom. The van der Waals surface area contributed by atoms with E-state index in [1.165, 1.54) is 103 Å². The second-order valence-electron chi connectivity index (χ2n) is 16.1. The Morgan fingerprint density at radius 2 is 1.33 bits per heavy atom. The minimum Gasteiger partial charge on any atom is -0.307 e. The summed E-state index contributed by atoms with van der Waals surface area (Å²) in [4.78, 5) is 0. The van der Waals surface area contributed by atoms with Gasteiger partial charge in [-0.05, 0) is 90.2 Å². The van der Waals surface area contributed by atoms with E-state index >= 15 is 0 Å². The van der Waals surface area contributed by atoms with Gasteiger partial charge in [-0.2, -0.15) is 9.13 Å². The third kappa shape index (κ3) is 4.36. The molecule has 57 heavy (non-hydrogen) atoms. The van der Waals surface area contributed by atoms with Crippen LogP contribution in [0, 0.1) is 0 Å². The fourth-order valence-corrected chi connectivity index (χ4v) is 12.0. The lowest BCUT2D eigenvalue weighted by Gasteiger charge is -2.31. The molecular weight excluding hydrogens is 711 g/mol. The second-order valence-corrected chi connectivity index (χ2v) is 17.2. The first-order valence-electron chi connectivity index (χ1n) is 20.1. The van der Waals surface area contributed by atoms with E-state index in [1.807, 2.05) is 11.3 Å². The number of pyridine rings is 2. The van der Waals surface area contributed by atoms with Gasteiger partial charge in [-0.1, -0.05) is 78.9 Å². The molecule has 2 atom stereocenters. The fourth-order valence-electron chi connectivity index (χ4n) is 10.7. The monoisotopic (exact) mass is 747 g/mol. The second kappa shape index (κ2) is 11.7. The van der Waals surface area contributed by atoms with E-state index in [-0.39, 0.29) is 12.0 Å². The molecule has 13 rings (SSSR count). The number of aromatic nitrogens is 3. The number of thiophene rings is 1. The summed E-state index contributed by atoms with van der Waals surface area (Å²) in [7, 11) is 0. The molecule has 7 heterocycles. The number of rotatable bonds is 1.